The first-order chi connectivity index (χ1) is 8.93. The summed E-state index contributed by atoms with van der Waals surface area (Å²) in [5, 5.41) is 9.76. The van der Waals surface area contributed by atoms with Gasteiger partial charge in [-0.25, -0.2) is 9.18 Å². The highest BCUT2D eigenvalue weighted by Gasteiger charge is 2.30. The van der Waals surface area contributed by atoms with Crippen LogP contribution in [0.1, 0.15) is 17.3 Å². The molecule has 106 valence electrons. The molecule has 0 aliphatic heterocycles. The van der Waals surface area contributed by atoms with Gasteiger partial charge in [0.15, 0.2) is 17.7 Å². The van der Waals surface area contributed by atoms with E-state index in [0.29, 0.717) is 0 Å². The summed E-state index contributed by atoms with van der Waals surface area (Å²) >= 11 is 3.05. The van der Waals surface area contributed by atoms with Crippen molar-refractivity contribution in [3.8, 4) is 5.75 Å². The van der Waals surface area contributed by atoms with Crippen LogP contribution in [0.25, 0.3) is 0 Å². The summed E-state index contributed by atoms with van der Waals surface area (Å²) in [5.41, 5.74) is 0.113. The van der Waals surface area contributed by atoms with Crippen LogP contribution in [0.3, 0.4) is 0 Å². The van der Waals surface area contributed by atoms with Gasteiger partial charge in [0.05, 0.1) is 18.5 Å². The third-order valence-electron chi connectivity index (χ3n) is 2.39. The Bertz CT molecular complexity index is 467. The monoisotopic (exact) mass is 338 g/mol. The maximum atomic E-state index is 13.5. The quantitative estimate of drug-likeness (QED) is 0.661. The Morgan fingerprint density at radius 3 is 2.63 bits per heavy atom. The second-order valence-electron chi connectivity index (χ2n) is 3.58. The number of halogens is 3. The van der Waals surface area contributed by atoms with Crippen molar-refractivity contribution in [2.45, 2.75) is 17.9 Å². The highest BCUT2D eigenvalue weighted by molar-refractivity contribution is 9.09. The lowest BCUT2D eigenvalue weighted by Gasteiger charge is -2.19. The maximum Gasteiger partial charge on any atom is 0.336 e. The highest BCUT2D eigenvalue weighted by Crippen LogP contribution is 2.36. The number of methoxy groups -OCH3 is 1. The van der Waals surface area contributed by atoms with E-state index in [1.807, 2.05) is 0 Å². The van der Waals surface area contributed by atoms with E-state index in [4.69, 9.17) is 4.74 Å². The van der Waals surface area contributed by atoms with E-state index in [2.05, 4.69) is 20.7 Å². The molecule has 0 amide bonds. The first kappa shape index (κ1) is 15.8. The van der Waals surface area contributed by atoms with Crippen molar-refractivity contribution in [2.24, 2.45) is 0 Å². The predicted octanol–water partition coefficient (Wildman–Crippen LogP) is 2.33. The normalized spacial score (nSPS) is 13.8. The smallest absolute Gasteiger partial charge is 0.336 e. The first-order valence-electron chi connectivity index (χ1n) is 5.44. The predicted molar refractivity (Wildman–Crippen MR) is 67.2 cm³/mol. The summed E-state index contributed by atoms with van der Waals surface area (Å²) < 4.78 is 36.0. The fourth-order valence-electron chi connectivity index (χ4n) is 1.49. The van der Waals surface area contributed by atoms with Crippen molar-refractivity contribution < 1.29 is 28.2 Å². The Balaban J connectivity index is 3.09. The minimum atomic E-state index is -1.56. The molecule has 1 aromatic carbocycles. The Labute approximate surface area is 117 Å². The molecule has 2 atom stereocenters. The molecule has 0 saturated heterocycles. The van der Waals surface area contributed by atoms with Crippen LogP contribution >= 0.6 is 15.9 Å². The lowest BCUT2D eigenvalue weighted by atomic mass is 10.1. The number of carbonyl (C=O) groups excluding carboxylic acids is 1. The zero-order chi connectivity index (χ0) is 14.6. The average Bonchev–Trinajstić information content (AvgIpc) is 2.40. The Morgan fingerprint density at radius 2 is 2.11 bits per heavy atom. The number of aliphatic hydroxyl groups excluding tert-OH is 1. The topological polar surface area (TPSA) is 55.8 Å². The Kier molecular flexibility index (Phi) is 5.68. The third-order valence-corrected chi connectivity index (χ3v) is 3.38. The third kappa shape index (κ3) is 3.42. The van der Waals surface area contributed by atoms with Crippen molar-refractivity contribution in [1.29, 1.82) is 0 Å². The number of rotatable bonds is 5. The van der Waals surface area contributed by atoms with Crippen LogP contribution in [0.4, 0.5) is 8.78 Å². The van der Waals surface area contributed by atoms with Crippen molar-refractivity contribution in [3.63, 3.8) is 0 Å². The number of esters is 1. The number of benzene rings is 1. The van der Waals surface area contributed by atoms with Gasteiger partial charge in [-0.05, 0) is 13.0 Å². The van der Waals surface area contributed by atoms with E-state index >= 15 is 0 Å². The fraction of sp³-hybridized carbons (Fsp3) is 0.417. The number of alkyl halides is 1. The van der Waals surface area contributed by atoms with E-state index in [0.717, 1.165) is 13.2 Å². The summed E-state index contributed by atoms with van der Waals surface area (Å²) in [6.07, 6.45) is -1.56. The Morgan fingerprint density at radius 1 is 1.47 bits per heavy atom. The molecule has 0 fully saturated rings. The molecule has 0 radical (unpaired) electrons. The molecule has 0 spiro atoms. The van der Waals surface area contributed by atoms with Crippen LogP contribution in [0.15, 0.2) is 12.1 Å². The molecule has 0 aliphatic carbocycles. The standard InChI is InChI=1S/C12H13BrF2O4/c1-3-19-12(17)10(16)8(13)6-4-5-7(14)9(15)11(6)18-2/h4-5,8,10,16H,3H2,1-2H3/t8-,10-/m1/s1. The minimum Gasteiger partial charge on any atom is -0.493 e. The second kappa shape index (κ2) is 6.81. The van der Waals surface area contributed by atoms with Crippen LogP contribution in [0.5, 0.6) is 5.75 Å². The van der Waals surface area contributed by atoms with E-state index in [1.165, 1.54) is 6.07 Å². The molecule has 1 aromatic rings. The zero-order valence-electron chi connectivity index (χ0n) is 10.3. The molecule has 4 nitrogen and oxygen atoms in total. The second-order valence-corrected chi connectivity index (χ2v) is 4.57. The van der Waals surface area contributed by atoms with E-state index in [9.17, 15) is 18.7 Å². The summed E-state index contributed by atoms with van der Waals surface area (Å²) in [6, 6.07) is 2.11. The lowest BCUT2D eigenvalue weighted by Crippen LogP contribution is -2.27. The molecule has 0 unspecified atom stereocenters. The van der Waals surface area contributed by atoms with Gasteiger partial charge in [-0.15, -0.1) is 0 Å². The van der Waals surface area contributed by atoms with Gasteiger partial charge < -0.3 is 14.6 Å². The number of ether oxygens (including phenoxy) is 2. The van der Waals surface area contributed by atoms with Crippen LogP contribution in [0.2, 0.25) is 0 Å². The molecular weight excluding hydrogens is 326 g/mol. The molecular formula is C12H13BrF2O4. The van der Waals surface area contributed by atoms with Crippen LogP contribution < -0.4 is 4.74 Å². The van der Waals surface area contributed by atoms with E-state index in [1.54, 1.807) is 6.92 Å². The molecule has 19 heavy (non-hydrogen) atoms. The number of carbonyl (C=O) groups is 1. The molecule has 1 N–H and O–H groups in total. The highest BCUT2D eigenvalue weighted by atomic mass is 79.9. The molecule has 0 aliphatic rings. The van der Waals surface area contributed by atoms with Crippen LogP contribution in [-0.4, -0.2) is 30.9 Å². The molecule has 0 heterocycles. The molecule has 7 heteroatoms. The SMILES string of the molecule is CCOC(=O)[C@H](O)[C@H](Br)c1ccc(F)c(F)c1OC. The number of aliphatic hydroxyl groups is 1. The largest absolute Gasteiger partial charge is 0.493 e. The van der Waals surface area contributed by atoms with Gasteiger partial charge in [-0.3, -0.25) is 0 Å². The summed E-state index contributed by atoms with van der Waals surface area (Å²) in [6.45, 7) is 1.69. The molecule has 0 aromatic heterocycles. The maximum absolute atomic E-state index is 13.5. The van der Waals surface area contributed by atoms with Gasteiger partial charge in [0.1, 0.15) is 0 Å². The Hall–Kier alpha value is -1.21. The van der Waals surface area contributed by atoms with Gasteiger partial charge in [-0.1, -0.05) is 22.0 Å². The van der Waals surface area contributed by atoms with Crippen molar-refractivity contribution >= 4 is 21.9 Å². The minimum absolute atomic E-state index is 0.102. The van der Waals surface area contributed by atoms with Crippen molar-refractivity contribution in [3.05, 3.63) is 29.3 Å². The average molecular weight is 339 g/mol. The fourth-order valence-corrected chi connectivity index (χ4v) is 2.07. The van der Waals surface area contributed by atoms with Gasteiger partial charge >= 0.3 is 5.97 Å². The summed E-state index contributed by atoms with van der Waals surface area (Å²) in [4.78, 5) is 10.4. The summed E-state index contributed by atoms with van der Waals surface area (Å²) in [7, 11) is 1.16. The van der Waals surface area contributed by atoms with Gasteiger partial charge in [0.25, 0.3) is 0 Å². The van der Waals surface area contributed by atoms with Gasteiger partial charge in [0, 0.05) is 5.56 Å². The van der Waals surface area contributed by atoms with Crippen molar-refractivity contribution in [1.82, 2.24) is 0 Å². The molecule has 0 bridgehead atoms. The summed E-state index contributed by atoms with van der Waals surface area (Å²) in [5.74, 6) is -3.49. The molecule has 0 saturated carbocycles. The number of hydrogen-bond donors (Lipinski definition) is 1. The van der Waals surface area contributed by atoms with Crippen LogP contribution in [-0.2, 0) is 9.53 Å². The van der Waals surface area contributed by atoms with Gasteiger partial charge in [0.2, 0.25) is 5.82 Å². The van der Waals surface area contributed by atoms with Gasteiger partial charge in [-0.2, -0.15) is 4.39 Å². The van der Waals surface area contributed by atoms with E-state index in [-0.39, 0.29) is 17.9 Å². The zero-order valence-corrected chi connectivity index (χ0v) is 11.9. The van der Waals surface area contributed by atoms with Crippen molar-refractivity contribution in [2.75, 3.05) is 13.7 Å². The van der Waals surface area contributed by atoms with Crippen LogP contribution in [0, 0.1) is 11.6 Å². The first-order valence-corrected chi connectivity index (χ1v) is 6.36. The molecule has 1 rings (SSSR count). The number of hydrogen-bond acceptors (Lipinski definition) is 4. The lowest BCUT2D eigenvalue weighted by molar-refractivity contribution is -0.152. The van der Waals surface area contributed by atoms with E-state index < -0.39 is 28.5 Å².